The van der Waals surface area contributed by atoms with Gasteiger partial charge < -0.3 is 9.84 Å². The Balaban J connectivity index is -0.000000188. The fourth-order valence-electron chi connectivity index (χ4n) is 0.254. The number of carbonyl (C=O) groups is 2. The van der Waals surface area contributed by atoms with Gasteiger partial charge in [-0.15, -0.1) is 13.2 Å². The van der Waals surface area contributed by atoms with Crippen molar-refractivity contribution in [1.29, 1.82) is 0 Å². The van der Waals surface area contributed by atoms with Crippen molar-refractivity contribution in [3.05, 3.63) is 37.5 Å². The second kappa shape index (κ2) is 13.2. The largest absolute Gasteiger partial charge is 0.478 e. The van der Waals surface area contributed by atoms with Gasteiger partial charge in [0.2, 0.25) is 0 Å². The van der Waals surface area contributed by atoms with Gasteiger partial charge in [-0.05, 0) is 20.8 Å². The van der Waals surface area contributed by atoms with Crippen LogP contribution in [0, 0.1) is 0 Å². The summed E-state index contributed by atoms with van der Waals surface area (Å²) < 4.78 is 4.56. The van der Waals surface area contributed by atoms with Gasteiger partial charge in [0.25, 0.3) is 0 Å². The van der Waals surface area contributed by atoms with Crippen molar-refractivity contribution < 1.29 is 19.4 Å². The highest BCUT2D eigenvalue weighted by atomic mass is 16.5. The highest BCUT2D eigenvalue weighted by Gasteiger charge is 1.98. The molecule has 0 rings (SSSR count). The molecule has 0 aliphatic carbocycles. The van der Waals surface area contributed by atoms with E-state index >= 15 is 0 Å². The number of carboxylic acids is 1. The standard InChI is InChI=1S/C6H10O2.C4H6O2.C2H4/c1-4-8-6(7)5(2)3;1-3(2)4(5)6;1-2/h2,4H2,1,3H3;1H2,2H3,(H,5,6);1-2H2. The molecule has 16 heavy (non-hydrogen) atoms. The molecule has 0 aliphatic rings. The zero-order chi connectivity index (χ0) is 13.7. The molecule has 0 radical (unpaired) electrons. The van der Waals surface area contributed by atoms with Crippen molar-refractivity contribution in [2.45, 2.75) is 20.8 Å². The van der Waals surface area contributed by atoms with Crippen molar-refractivity contribution in [1.82, 2.24) is 0 Å². The first-order chi connectivity index (χ1) is 7.32. The summed E-state index contributed by atoms with van der Waals surface area (Å²) in [6, 6.07) is 0. The third kappa shape index (κ3) is 18.0. The van der Waals surface area contributed by atoms with E-state index in [1.165, 1.54) is 6.92 Å². The molecule has 4 nitrogen and oxygen atoms in total. The van der Waals surface area contributed by atoms with Crippen LogP contribution in [0.4, 0.5) is 0 Å². The van der Waals surface area contributed by atoms with Gasteiger partial charge in [0.05, 0.1) is 6.61 Å². The Bertz CT molecular complexity index is 242. The van der Waals surface area contributed by atoms with E-state index in [-0.39, 0.29) is 11.5 Å². The molecule has 0 saturated heterocycles. The van der Waals surface area contributed by atoms with Crippen molar-refractivity contribution in [2.75, 3.05) is 6.61 Å². The molecule has 0 fully saturated rings. The highest BCUT2D eigenvalue weighted by Crippen LogP contribution is 1.89. The van der Waals surface area contributed by atoms with Gasteiger partial charge in [-0.3, -0.25) is 0 Å². The quantitative estimate of drug-likeness (QED) is 0.458. The lowest BCUT2D eigenvalue weighted by Gasteiger charge is -1.96. The maximum Gasteiger partial charge on any atom is 0.333 e. The molecule has 0 aliphatic heterocycles. The van der Waals surface area contributed by atoms with Crippen LogP contribution in [0.15, 0.2) is 37.5 Å². The monoisotopic (exact) mass is 228 g/mol. The van der Waals surface area contributed by atoms with Crippen molar-refractivity contribution in [2.24, 2.45) is 0 Å². The molecule has 92 valence electrons. The number of hydrogen-bond donors (Lipinski definition) is 1. The summed E-state index contributed by atoms with van der Waals surface area (Å²) in [6.07, 6.45) is 0. The molecule has 0 aromatic carbocycles. The SMILES string of the molecule is C=C.C=C(C)C(=O)O.C=C(C)C(=O)OCC. The summed E-state index contributed by atoms with van der Waals surface area (Å²) >= 11 is 0. The van der Waals surface area contributed by atoms with Gasteiger partial charge in [-0.25, -0.2) is 9.59 Å². The van der Waals surface area contributed by atoms with Gasteiger partial charge >= 0.3 is 11.9 Å². The number of rotatable bonds is 3. The molecule has 1 N–H and O–H groups in total. The van der Waals surface area contributed by atoms with Crippen molar-refractivity contribution in [3.63, 3.8) is 0 Å². The summed E-state index contributed by atoms with van der Waals surface area (Å²) in [5.74, 6) is -1.25. The lowest BCUT2D eigenvalue weighted by molar-refractivity contribution is -0.138. The second-order valence-electron chi connectivity index (χ2n) is 2.59. The van der Waals surface area contributed by atoms with E-state index in [0.717, 1.165) is 0 Å². The van der Waals surface area contributed by atoms with Crippen molar-refractivity contribution in [3.8, 4) is 0 Å². The molecule has 0 saturated carbocycles. The summed E-state index contributed by atoms with van der Waals surface area (Å²) in [5.41, 5.74) is 0.627. The fourth-order valence-corrected chi connectivity index (χ4v) is 0.254. The number of esters is 1. The Hall–Kier alpha value is -1.84. The van der Waals surface area contributed by atoms with E-state index in [2.05, 4.69) is 31.1 Å². The summed E-state index contributed by atoms with van der Waals surface area (Å²) in [4.78, 5) is 20.0. The molecule has 0 spiro atoms. The van der Waals surface area contributed by atoms with Crippen LogP contribution >= 0.6 is 0 Å². The topological polar surface area (TPSA) is 63.6 Å². The molecule has 0 bridgehead atoms. The van der Waals surface area contributed by atoms with Gasteiger partial charge in [0.15, 0.2) is 0 Å². The molecule has 4 heteroatoms. The molecule has 0 aromatic rings. The molecule has 0 aromatic heterocycles. The van der Waals surface area contributed by atoms with E-state index < -0.39 is 5.97 Å². The van der Waals surface area contributed by atoms with E-state index in [0.29, 0.717) is 12.2 Å². The Morgan fingerprint density at radius 2 is 1.44 bits per heavy atom. The minimum Gasteiger partial charge on any atom is -0.478 e. The predicted molar refractivity (Wildman–Crippen MR) is 65.2 cm³/mol. The van der Waals surface area contributed by atoms with Crippen LogP contribution in [0.25, 0.3) is 0 Å². The fraction of sp³-hybridized carbons (Fsp3) is 0.333. The lowest BCUT2D eigenvalue weighted by atomic mass is 10.4. The van der Waals surface area contributed by atoms with Crippen LogP contribution in [0.1, 0.15) is 20.8 Å². The average molecular weight is 228 g/mol. The van der Waals surface area contributed by atoms with E-state index in [4.69, 9.17) is 5.11 Å². The number of hydrogen-bond acceptors (Lipinski definition) is 3. The van der Waals surface area contributed by atoms with E-state index in [9.17, 15) is 9.59 Å². The average Bonchev–Trinajstić information content (AvgIpc) is 2.21. The number of carboxylic acid groups (broad SMARTS) is 1. The van der Waals surface area contributed by atoms with Crippen LogP contribution in [0.2, 0.25) is 0 Å². The Kier molecular flexibility index (Phi) is 16.2. The summed E-state index contributed by atoms with van der Waals surface area (Å²) in [6.45, 7) is 17.8. The Morgan fingerprint density at radius 3 is 1.50 bits per heavy atom. The first-order valence-electron chi connectivity index (χ1n) is 4.54. The smallest absolute Gasteiger partial charge is 0.333 e. The van der Waals surface area contributed by atoms with Gasteiger partial charge in [-0.1, -0.05) is 13.2 Å². The van der Waals surface area contributed by atoms with E-state index in [1.807, 2.05) is 0 Å². The van der Waals surface area contributed by atoms with Gasteiger partial charge in [0, 0.05) is 11.1 Å². The summed E-state index contributed by atoms with van der Waals surface area (Å²) in [5, 5.41) is 7.89. The molecular weight excluding hydrogens is 208 g/mol. The maximum atomic E-state index is 10.4. The first-order valence-corrected chi connectivity index (χ1v) is 4.54. The zero-order valence-corrected chi connectivity index (χ0v) is 10.2. The minimum atomic E-state index is -0.935. The van der Waals surface area contributed by atoms with Crippen LogP contribution in [0.5, 0.6) is 0 Å². The van der Waals surface area contributed by atoms with Crippen LogP contribution in [0.3, 0.4) is 0 Å². The molecule has 0 atom stereocenters. The predicted octanol–water partition coefficient (Wildman–Crippen LogP) is 2.57. The third-order valence-electron chi connectivity index (χ3n) is 0.989. The minimum absolute atomic E-state index is 0.176. The Labute approximate surface area is 96.9 Å². The van der Waals surface area contributed by atoms with E-state index in [1.54, 1.807) is 13.8 Å². The second-order valence-corrected chi connectivity index (χ2v) is 2.59. The van der Waals surface area contributed by atoms with Crippen LogP contribution < -0.4 is 0 Å². The van der Waals surface area contributed by atoms with Crippen molar-refractivity contribution >= 4 is 11.9 Å². The molecular formula is C12H20O4. The number of carbonyl (C=O) groups excluding carboxylic acids is 1. The zero-order valence-electron chi connectivity index (χ0n) is 10.2. The summed E-state index contributed by atoms with van der Waals surface area (Å²) in [7, 11) is 0. The molecule has 0 unspecified atom stereocenters. The van der Waals surface area contributed by atoms with Crippen LogP contribution in [-0.4, -0.2) is 23.7 Å². The lowest BCUT2D eigenvalue weighted by Crippen LogP contribution is -2.03. The van der Waals surface area contributed by atoms with Gasteiger partial charge in [-0.2, -0.15) is 0 Å². The molecule has 0 heterocycles. The van der Waals surface area contributed by atoms with Gasteiger partial charge in [0.1, 0.15) is 0 Å². The third-order valence-corrected chi connectivity index (χ3v) is 0.989. The normalized spacial score (nSPS) is 7.19. The first kappa shape index (κ1) is 19.7. The Morgan fingerprint density at radius 1 is 1.12 bits per heavy atom. The highest BCUT2D eigenvalue weighted by molar-refractivity contribution is 5.86. The number of ether oxygens (including phenoxy) is 1. The molecule has 0 amide bonds. The maximum absolute atomic E-state index is 10.4. The number of aliphatic carboxylic acids is 1. The van der Waals surface area contributed by atoms with Crippen LogP contribution in [-0.2, 0) is 14.3 Å².